The highest BCUT2D eigenvalue weighted by Gasteiger charge is 2.28. The zero-order chi connectivity index (χ0) is 22.0. The maximum atomic E-state index is 13.5. The van der Waals surface area contributed by atoms with Crippen molar-refractivity contribution in [1.29, 1.82) is 0 Å². The van der Waals surface area contributed by atoms with Crippen LogP contribution in [0.25, 0.3) is 0 Å². The van der Waals surface area contributed by atoms with Crippen LogP contribution >= 0.6 is 0 Å². The Morgan fingerprint density at radius 3 is 2.39 bits per heavy atom. The number of fused-ring (bicyclic) bond motifs is 1. The Morgan fingerprint density at radius 1 is 1.06 bits per heavy atom. The van der Waals surface area contributed by atoms with Gasteiger partial charge in [0.15, 0.2) is 0 Å². The topological polar surface area (TPSA) is 107 Å². The van der Waals surface area contributed by atoms with Gasteiger partial charge in [-0.1, -0.05) is 24.3 Å². The Hall–Kier alpha value is -3.65. The second-order valence-electron chi connectivity index (χ2n) is 7.20. The van der Waals surface area contributed by atoms with E-state index in [9.17, 15) is 19.4 Å². The van der Waals surface area contributed by atoms with Crippen LogP contribution in [0.3, 0.4) is 0 Å². The summed E-state index contributed by atoms with van der Waals surface area (Å²) < 4.78 is 13.5. The van der Waals surface area contributed by atoms with E-state index < -0.39 is 15.7 Å². The lowest BCUT2D eigenvalue weighted by atomic mass is 10.0. The molecule has 158 valence electrons. The van der Waals surface area contributed by atoms with E-state index >= 15 is 0 Å². The van der Waals surface area contributed by atoms with Crippen molar-refractivity contribution < 1.29 is 13.9 Å². The van der Waals surface area contributed by atoms with Crippen LogP contribution in [0, 0.1) is 10.4 Å². The molecule has 2 aromatic carbocycles. The van der Waals surface area contributed by atoms with E-state index in [0.717, 1.165) is 22.5 Å². The maximum Gasteiger partial charge on any atom is 0.222 e. The zero-order valence-electron chi connectivity index (χ0n) is 16.7. The van der Waals surface area contributed by atoms with Crippen molar-refractivity contribution in [2.75, 3.05) is 10.6 Å². The van der Waals surface area contributed by atoms with Gasteiger partial charge in [0.1, 0.15) is 0 Å². The molecule has 2 N–H and O–H groups in total. The average Bonchev–Trinajstić information content (AvgIpc) is 2.91. The third-order valence-corrected chi connectivity index (χ3v) is 6.81. The first-order valence-corrected chi connectivity index (χ1v) is 10.9. The smallest absolute Gasteiger partial charge is 0.222 e. The van der Waals surface area contributed by atoms with Gasteiger partial charge in [-0.25, -0.2) is 0 Å². The number of hydrogen-bond acceptors (Lipinski definition) is 5. The number of allylic oxidation sites excluding steroid dienone is 6. The van der Waals surface area contributed by atoms with Gasteiger partial charge < -0.3 is 21.0 Å². The minimum absolute atomic E-state index is 0.0204. The van der Waals surface area contributed by atoms with E-state index in [1.807, 2.05) is 36.4 Å². The molecule has 2 atom stereocenters. The fourth-order valence-corrected chi connectivity index (χ4v) is 5.15. The lowest BCUT2D eigenvalue weighted by Gasteiger charge is -2.18. The van der Waals surface area contributed by atoms with Crippen LogP contribution in [0.5, 0.6) is 0 Å². The summed E-state index contributed by atoms with van der Waals surface area (Å²) in [5, 5.41) is 27.8. The van der Waals surface area contributed by atoms with Crippen molar-refractivity contribution in [2.24, 2.45) is 0 Å². The van der Waals surface area contributed by atoms with Crippen LogP contribution in [0.4, 0.5) is 11.4 Å². The largest absolute Gasteiger partial charge is 0.612 e. The summed E-state index contributed by atoms with van der Waals surface area (Å²) in [6.07, 6.45) is 6.80. The lowest BCUT2D eigenvalue weighted by molar-refractivity contribution is -0.377. The number of benzene rings is 2. The van der Waals surface area contributed by atoms with E-state index in [4.69, 9.17) is 0 Å². The molecule has 0 saturated carbocycles. The minimum atomic E-state index is -1.32. The van der Waals surface area contributed by atoms with E-state index in [0.29, 0.717) is 17.0 Å². The Morgan fingerprint density at radius 2 is 1.74 bits per heavy atom. The van der Waals surface area contributed by atoms with Crippen LogP contribution in [0.1, 0.15) is 24.2 Å². The molecule has 7 nitrogen and oxygen atoms in total. The van der Waals surface area contributed by atoms with E-state index in [1.165, 1.54) is 19.1 Å². The number of carbonyl (C=O) groups is 1. The fraction of sp³-hybridized carbons (Fsp3) is 0.130. The molecular weight excluding hydrogens is 414 g/mol. The molecular formula is C23H20N3O4S-. The number of anilines is 2. The molecule has 4 rings (SSSR count). The second kappa shape index (κ2) is 8.61. The van der Waals surface area contributed by atoms with Gasteiger partial charge in [-0.3, -0.25) is 9.00 Å². The van der Waals surface area contributed by atoms with Gasteiger partial charge in [-0.15, -0.1) is 0 Å². The van der Waals surface area contributed by atoms with Gasteiger partial charge >= 0.3 is 0 Å². The molecule has 1 amide bonds. The molecule has 0 fully saturated rings. The monoisotopic (exact) mass is 434 g/mol. The Balaban J connectivity index is 1.75. The molecule has 0 saturated heterocycles. The first-order chi connectivity index (χ1) is 14.9. The van der Waals surface area contributed by atoms with Gasteiger partial charge in [0.25, 0.3) is 0 Å². The number of nitrogens with one attached hydrogen (secondary N) is 2. The van der Waals surface area contributed by atoms with Crippen molar-refractivity contribution in [1.82, 2.24) is 0 Å². The SMILES string of the molecule is CC(=O)Nc1ccc(C2CC(=C3C=CC(=[N+]([O-])[O-])C=C3)Nc3ccccc3S2=O)cc1. The predicted octanol–water partition coefficient (Wildman–Crippen LogP) is 4.14. The third-order valence-electron chi connectivity index (χ3n) is 5.07. The summed E-state index contributed by atoms with van der Waals surface area (Å²) in [6, 6.07) is 14.8. The molecule has 2 unspecified atom stereocenters. The Kier molecular flexibility index (Phi) is 5.73. The van der Waals surface area contributed by atoms with Gasteiger partial charge in [-0.05, 0) is 47.6 Å². The highest BCUT2D eigenvalue weighted by molar-refractivity contribution is 7.85. The van der Waals surface area contributed by atoms with Gasteiger partial charge in [0, 0.05) is 36.9 Å². The van der Waals surface area contributed by atoms with Gasteiger partial charge in [-0.2, -0.15) is 4.90 Å². The fourth-order valence-electron chi connectivity index (χ4n) is 3.57. The molecule has 1 aliphatic carbocycles. The van der Waals surface area contributed by atoms with E-state index in [1.54, 1.807) is 24.3 Å². The summed E-state index contributed by atoms with van der Waals surface area (Å²) in [4.78, 5) is 11.6. The van der Waals surface area contributed by atoms with Gasteiger partial charge in [0.2, 0.25) is 11.6 Å². The molecule has 0 radical (unpaired) electrons. The standard InChI is InChI=1S/C23H20N3O4S/c1-15(27)24-18-10-6-17(7-11-18)23-14-21(16-8-12-19(13-9-16)26(28)29)25-20-4-2-3-5-22(20)31(23)30/h2-13,23,25H,14H2,1H3,(H-,24,27,28,29)/q-1. The first-order valence-electron chi connectivity index (χ1n) is 9.67. The van der Waals surface area contributed by atoms with Crippen molar-refractivity contribution in [2.45, 2.75) is 23.5 Å². The first kappa shape index (κ1) is 20.6. The molecule has 2 aliphatic rings. The van der Waals surface area contributed by atoms with Crippen molar-refractivity contribution in [3.05, 3.63) is 100 Å². The maximum absolute atomic E-state index is 13.5. The van der Waals surface area contributed by atoms with Crippen molar-refractivity contribution >= 4 is 33.8 Å². The number of hydrogen-bond donors (Lipinski definition) is 2. The quantitative estimate of drug-likeness (QED) is 0.546. The number of rotatable bonds is 2. The van der Waals surface area contributed by atoms with Crippen molar-refractivity contribution in [3.8, 4) is 0 Å². The summed E-state index contributed by atoms with van der Waals surface area (Å²) in [5.41, 5.74) is 3.97. The summed E-state index contributed by atoms with van der Waals surface area (Å²) in [5.74, 6) is -0.155. The van der Waals surface area contributed by atoms with Crippen LogP contribution < -0.4 is 10.6 Å². The molecule has 1 heterocycles. The number of para-hydroxylation sites is 1. The molecule has 2 aromatic rings. The number of amides is 1. The Bertz CT molecular complexity index is 1160. The normalized spacial score (nSPS) is 20.0. The highest BCUT2D eigenvalue weighted by atomic mass is 32.2. The number of carbonyl (C=O) groups excluding carboxylic acids is 1. The van der Waals surface area contributed by atoms with Crippen LogP contribution in [0.15, 0.2) is 89.0 Å². The zero-order valence-corrected chi connectivity index (χ0v) is 17.5. The molecule has 31 heavy (non-hydrogen) atoms. The molecule has 8 heteroatoms. The van der Waals surface area contributed by atoms with Gasteiger partial charge in [0.05, 0.1) is 26.6 Å². The highest BCUT2D eigenvalue weighted by Crippen LogP contribution is 2.39. The number of nitrogens with zero attached hydrogens (tertiary/aromatic N) is 1. The van der Waals surface area contributed by atoms with E-state index in [2.05, 4.69) is 10.6 Å². The molecule has 1 aliphatic heterocycles. The van der Waals surface area contributed by atoms with Crippen LogP contribution in [-0.2, 0) is 15.6 Å². The summed E-state index contributed by atoms with van der Waals surface area (Å²) in [7, 11) is -1.32. The molecule has 0 spiro atoms. The average molecular weight is 434 g/mol. The minimum Gasteiger partial charge on any atom is -0.612 e. The summed E-state index contributed by atoms with van der Waals surface area (Å²) in [6.45, 7) is 1.45. The summed E-state index contributed by atoms with van der Waals surface area (Å²) >= 11 is 0. The van der Waals surface area contributed by atoms with Crippen LogP contribution in [-0.4, -0.2) is 20.7 Å². The van der Waals surface area contributed by atoms with Crippen molar-refractivity contribution in [3.63, 3.8) is 0 Å². The Labute approximate surface area is 182 Å². The third kappa shape index (κ3) is 4.44. The second-order valence-corrected chi connectivity index (χ2v) is 8.80. The predicted molar refractivity (Wildman–Crippen MR) is 122 cm³/mol. The van der Waals surface area contributed by atoms with E-state index in [-0.39, 0.29) is 16.9 Å². The van der Waals surface area contributed by atoms with Crippen LogP contribution in [0.2, 0.25) is 0 Å². The molecule has 0 bridgehead atoms. The lowest BCUT2D eigenvalue weighted by Crippen LogP contribution is -2.11. The molecule has 0 aromatic heterocycles.